The van der Waals surface area contributed by atoms with Crippen LogP contribution in [0.5, 0.6) is 11.5 Å². The van der Waals surface area contributed by atoms with Crippen molar-refractivity contribution >= 4 is 11.4 Å². The first kappa shape index (κ1) is 15.1. The molecule has 0 bridgehead atoms. The fourth-order valence-corrected chi connectivity index (χ4v) is 1.82. The van der Waals surface area contributed by atoms with Crippen molar-refractivity contribution < 1.29 is 4.74 Å². The van der Waals surface area contributed by atoms with Crippen LogP contribution in [0, 0.1) is 36.5 Å². The van der Waals surface area contributed by atoms with Crippen LogP contribution in [0.2, 0.25) is 0 Å². The van der Waals surface area contributed by atoms with Crippen molar-refractivity contribution in [2.75, 3.05) is 5.43 Å². The van der Waals surface area contributed by atoms with E-state index in [0.717, 1.165) is 22.6 Å². The van der Waals surface area contributed by atoms with Gasteiger partial charge in [-0.3, -0.25) is 5.43 Å². The van der Waals surface area contributed by atoms with Gasteiger partial charge >= 0.3 is 0 Å². The third kappa shape index (κ3) is 3.62. The van der Waals surface area contributed by atoms with Crippen molar-refractivity contribution in [3.8, 4) is 23.6 Å². The first-order valence-corrected chi connectivity index (χ1v) is 6.62. The highest BCUT2D eigenvalue weighted by Crippen LogP contribution is 2.29. The molecule has 0 spiro atoms. The lowest BCUT2D eigenvalue weighted by molar-refractivity contribution is 0.475. The Morgan fingerprint density at radius 3 is 2.32 bits per heavy atom. The van der Waals surface area contributed by atoms with Crippen molar-refractivity contribution in [1.82, 2.24) is 0 Å². The predicted octanol–water partition coefficient (Wildman–Crippen LogP) is 3.91. The van der Waals surface area contributed by atoms with Gasteiger partial charge in [0.25, 0.3) is 0 Å². The maximum absolute atomic E-state index is 8.63. The minimum atomic E-state index is -0.224. The summed E-state index contributed by atoms with van der Waals surface area (Å²) < 4.78 is 5.89. The van der Waals surface area contributed by atoms with E-state index in [1.807, 2.05) is 50.2 Å². The Hall–Kier alpha value is -3.31. The number of aryl methyl sites for hydroxylation is 2. The van der Waals surface area contributed by atoms with E-state index >= 15 is 0 Å². The zero-order valence-corrected chi connectivity index (χ0v) is 12.3. The summed E-state index contributed by atoms with van der Waals surface area (Å²) in [4.78, 5) is 0. The number of benzene rings is 2. The summed E-state index contributed by atoms with van der Waals surface area (Å²) in [5.41, 5.74) is 5.10. The van der Waals surface area contributed by atoms with E-state index in [1.165, 1.54) is 0 Å². The molecule has 108 valence electrons. The van der Waals surface area contributed by atoms with Gasteiger partial charge in [-0.15, -0.1) is 0 Å². The van der Waals surface area contributed by atoms with Gasteiger partial charge in [-0.2, -0.15) is 15.6 Å². The molecule has 0 atom stereocenters. The molecule has 2 rings (SSSR count). The third-order valence-electron chi connectivity index (χ3n) is 3.00. The quantitative estimate of drug-likeness (QED) is 0.683. The van der Waals surface area contributed by atoms with Crippen molar-refractivity contribution in [3.05, 3.63) is 53.6 Å². The fraction of sp³-hybridized carbons (Fsp3) is 0.118. The van der Waals surface area contributed by atoms with E-state index in [1.54, 1.807) is 18.2 Å². The van der Waals surface area contributed by atoms with Gasteiger partial charge in [0, 0.05) is 0 Å². The molecule has 0 amide bonds. The Kier molecular flexibility index (Phi) is 4.74. The molecule has 0 fully saturated rings. The fourth-order valence-electron chi connectivity index (χ4n) is 1.82. The highest BCUT2D eigenvalue weighted by Gasteiger charge is 2.05. The highest BCUT2D eigenvalue weighted by atomic mass is 16.5. The lowest BCUT2D eigenvalue weighted by atomic mass is 10.2. The molecule has 2 aromatic rings. The molecule has 0 saturated carbocycles. The number of para-hydroxylation sites is 1. The molecule has 0 saturated heterocycles. The lowest BCUT2D eigenvalue weighted by Gasteiger charge is -2.11. The number of nitrogens with one attached hydrogen (secondary N) is 1. The van der Waals surface area contributed by atoms with Crippen LogP contribution < -0.4 is 10.2 Å². The molecule has 0 aromatic heterocycles. The minimum absolute atomic E-state index is 0.224. The van der Waals surface area contributed by atoms with Crippen LogP contribution in [0.3, 0.4) is 0 Å². The topological polar surface area (TPSA) is 81.2 Å². The number of nitrogens with zero attached hydrogens (tertiary/aromatic N) is 3. The second kappa shape index (κ2) is 6.92. The molecular formula is C17H14N4O. The summed E-state index contributed by atoms with van der Waals surface area (Å²) in [6.07, 6.45) is 0. The first-order chi connectivity index (χ1) is 10.6. The standard InChI is InChI=1S/C17H14N4O/c1-12-5-3-4-6-16(12)22-17-8-7-14(9-13(17)2)20-21-15(10-18)11-19/h3-9,20H,1-2H3. The van der Waals surface area contributed by atoms with Crippen LogP contribution in [-0.2, 0) is 0 Å². The third-order valence-corrected chi connectivity index (χ3v) is 3.00. The number of hydrogen-bond acceptors (Lipinski definition) is 5. The van der Waals surface area contributed by atoms with Crippen molar-refractivity contribution in [2.24, 2.45) is 5.10 Å². The largest absolute Gasteiger partial charge is 0.457 e. The Bertz CT molecular complexity index is 781. The zero-order chi connectivity index (χ0) is 15.9. The Balaban J connectivity index is 2.17. The molecule has 2 aromatic carbocycles. The van der Waals surface area contributed by atoms with E-state index in [9.17, 15) is 0 Å². The molecule has 0 aliphatic rings. The molecule has 5 nitrogen and oxygen atoms in total. The summed E-state index contributed by atoms with van der Waals surface area (Å²) in [6.45, 7) is 3.90. The van der Waals surface area contributed by atoms with Crippen LogP contribution >= 0.6 is 0 Å². The molecule has 0 heterocycles. The van der Waals surface area contributed by atoms with Gasteiger partial charge in [-0.1, -0.05) is 18.2 Å². The molecule has 1 N–H and O–H groups in total. The molecule has 22 heavy (non-hydrogen) atoms. The number of rotatable bonds is 4. The summed E-state index contributed by atoms with van der Waals surface area (Å²) in [5, 5.41) is 21.0. The van der Waals surface area contributed by atoms with Crippen molar-refractivity contribution in [3.63, 3.8) is 0 Å². The Labute approximate surface area is 129 Å². The number of hydrazone groups is 1. The van der Waals surface area contributed by atoms with Gasteiger partial charge < -0.3 is 4.74 Å². The van der Waals surface area contributed by atoms with Gasteiger partial charge in [0.1, 0.15) is 23.6 Å². The number of ether oxygens (including phenoxy) is 1. The highest BCUT2D eigenvalue weighted by molar-refractivity contribution is 6.10. The second-order valence-electron chi connectivity index (χ2n) is 4.64. The number of hydrogen-bond donors (Lipinski definition) is 1. The van der Waals surface area contributed by atoms with Crippen LogP contribution in [0.1, 0.15) is 11.1 Å². The van der Waals surface area contributed by atoms with Crippen molar-refractivity contribution in [1.29, 1.82) is 10.5 Å². The van der Waals surface area contributed by atoms with E-state index in [-0.39, 0.29) is 5.71 Å². The predicted molar refractivity (Wildman–Crippen MR) is 84.7 cm³/mol. The smallest absolute Gasteiger partial charge is 0.237 e. The second-order valence-corrected chi connectivity index (χ2v) is 4.64. The first-order valence-electron chi connectivity index (χ1n) is 6.62. The monoisotopic (exact) mass is 290 g/mol. The van der Waals surface area contributed by atoms with Crippen molar-refractivity contribution in [2.45, 2.75) is 13.8 Å². The summed E-state index contributed by atoms with van der Waals surface area (Å²) in [6, 6.07) is 16.6. The zero-order valence-electron chi connectivity index (χ0n) is 12.3. The van der Waals surface area contributed by atoms with Gasteiger partial charge in [0.2, 0.25) is 5.71 Å². The molecule has 0 unspecified atom stereocenters. The Morgan fingerprint density at radius 1 is 1.00 bits per heavy atom. The van der Waals surface area contributed by atoms with Crippen LogP contribution in [0.4, 0.5) is 5.69 Å². The number of anilines is 1. The summed E-state index contributed by atoms with van der Waals surface area (Å²) in [7, 11) is 0. The molecule has 0 aliphatic heterocycles. The maximum Gasteiger partial charge on any atom is 0.237 e. The minimum Gasteiger partial charge on any atom is -0.457 e. The van der Waals surface area contributed by atoms with Gasteiger partial charge in [0.15, 0.2) is 0 Å². The molecule has 0 radical (unpaired) electrons. The van der Waals surface area contributed by atoms with E-state index in [4.69, 9.17) is 15.3 Å². The molecule has 5 heteroatoms. The average molecular weight is 290 g/mol. The van der Waals surface area contributed by atoms with Gasteiger partial charge in [-0.25, -0.2) is 0 Å². The van der Waals surface area contributed by atoms with Crippen LogP contribution in [0.25, 0.3) is 0 Å². The van der Waals surface area contributed by atoms with E-state index in [2.05, 4.69) is 10.5 Å². The van der Waals surface area contributed by atoms with Gasteiger partial charge in [0.05, 0.1) is 5.69 Å². The summed E-state index contributed by atoms with van der Waals surface area (Å²) in [5.74, 6) is 1.55. The van der Waals surface area contributed by atoms with Crippen LogP contribution in [0.15, 0.2) is 47.6 Å². The Morgan fingerprint density at radius 2 is 1.68 bits per heavy atom. The van der Waals surface area contributed by atoms with Gasteiger partial charge in [-0.05, 0) is 49.2 Å². The van der Waals surface area contributed by atoms with E-state index in [0.29, 0.717) is 5.69 Å². The normalized spacial score (nSPS) is 9.27. The lowest BCUT2D eigenvalue weighted by Crippen LogP contribution is -1.97. The number of nitriles is 2. The van der Waals surface area contributed by atoms with E-state index < -0.39 is 0 Å². The molecular weight excluding hydrogens is 276 g/mol. The maximum atomic E-state index is 8.63. The summed E-state index contributed by atoms with van der Waals surface area (Å²) >= 11 is 0. The SMILES string of the molecule is Cc1ccccc1Oc1ccc(NN=C(C#N)C#N)cc1C. The van der Waals surface area contributed by atoms with Crippen LogP contribution in [-0.4, -0.2) is 5.71 Å². The molecule has 0 aliphatic carbocycles. The average Bonchev–Trinajstić information content (AvgIpc) is 2.53.